The van der Waals surface area contributed by atoms with Crippen LogP contribution in [0, 0.1) is 20.8 Å². The summed E-state index contributed by atoms with van der Waals surface area (Å²) in [6, 6.07) is 0. The lowest BCUT2D eigenvalue weighted by Crippen LogP contribution is -2.30. The highest BCUT2D eigenvalue weighted by molar-refractivity contribution is 6.32. The smallest absolute Gasteiger partial charge is 0.127 e. The van der Waals surface area contributed by atoms with Crippen LogP contribution >= 0.6 is 11.6 Å². The van der Waals surface area contributed by atoms with Crippen molar-refractivity contribution < 1.29 is 4.74 Å². The summed E-state index contributed by atoms with van der Waals surface area (Å²) < 4.78 is 5.48. The van der Waals surface area contributed by atoms with E-state index in [0.29, 0.717) is 0 Å². The average Bonchev–Trinajstić information content (AvgIpc) is 2.18. The standard InChI is InChI=1S/C13H20ClNO/c1-7-8(2)12(16-6)10(13(4,5)15)9(3)11(7)14/h15H2,1-6H3. The number of ether oxygens (including phenoxy) is 1. The summed E-state index contributed by atoms with van der Waals surface area (Å²) in [4.78, 5) is 0. The van der Waals surface area contributed by atoms with Gasteiger partial charge >= 0.3 is 0 Å². The summed E-state index contributed by atoms with van der Waals surface area (Å²) >= 11 is 6.31. The van der Waals surface area contributed by atoms with Crippen molar-refractivity contribution in [1.82, 2.24) is 0 Å². The molecule has 0 unspecified atom stereocenters. The van der Waals surface area contributed by atoms with E-state index in [9.17, 15) is 0 Å². The number of halogens is 1. The second kappa shape index (κ2) is 4.27. The van der Waals surface area contributed by atoms with Gasteiger partial charge in [0, 0.05) is 16.1 Å². The topological polar surface area (TPSA) is 35.2 Å². The highest BCUT2D eigenvalue weighted by Crippen LogP contribution is 2.40. The number of hydrogen-bond acceptors (Lipinski definition) is 2. The molecule has 3 heteroatoms. The van der Waals surface area contributed by atoms with E-state index >= 15 is 0 Å². The van der Waals surface area contributed by atoms with Gasteiger partial charge in [0.15, 0.2) is 0 Å². The molecule has 0 spiro atoms. The fraction of sp³-hybridized carbons (Fsp3) is 0.538. The first-order valence-corrected chi connectivity index (χ1v) is 5.72. The second-order valence-corrected chi connectivity index (χ2v) is 5.20. The van der Waals surface area contributed by atoms with E-state index < -0.39 is 5.54 Å². The Bertz CT molecular complexity index is 419. The number of hydrogen-bond donors (Lipinski definition) is 1. The Balaban J connectivity index is 3.72. The SMILES string of the molecule is COc1c(C)c(C)c(Cl)c(C)c1C(C)(C)N. The van der Waals surface area contributed by atoms with E-state index in [2.05, 4.69) is 0 Å². The van der Waals surface area contributed by atoms with Crippen LogP contribution in [-0.2, 0) is 5.54 Å². The lowest BCUT2D eigenvalue weighted by Gasteiger charge is -2.27. The monoisotopic (exact) mass is 241 g/mol. The highest BCUT2D eigenvalue weighted by Gasteiger charge is 2.26. The van der Waals surface area contributed by atoms with Crippen LogP contribution in [0.3, 0.4) is 0 Å². The van der Waals surface area contributed by atoms with Gasteiger partial charge in [-0.05, 0) is 51.3 Å². The number of benzene rings is 1. The zero-order valence-electron chi connectivity index (χ0n) is 10.9. The summed E-state index contributed by atoms with van der Waals surface area (Å²) in [6.45, 7) is 9.92. The van der Waals surface area contributed by atoms with Gasteiger partial charge in [-0.3, -0.25) is 0 Å². The van der Waals surface area contributed by atoms with Crippen LogP contribution in [0.2, 0.25) is 5.02 Å². The van der Waals surface area contributed by atoms with E-state index in [1.54, 1.807) is 7.11 Å². The molecule has 0 aliphatic rings. The van der Waals surface area contributed by atoms with E-state index in [0.717, 1.165) is 33.0 Å². The Hall–Kier alpha value is -0.730. The second-order valence-electron chi connectivity index (χ2n) is 4.82. The minimum Gasteiger partial charge on any atom is -0.496 e. The van der Waals surface area contributed by atoms with Gasteiger partial charge in [0.2, 0.25) is 0 Å². The van der Waals surface area contributed by atoms with Crippen molar-refractivity contribution >= 4 is 11.6 Å². The van der Waals surface area contributed by atoms with Gasteiger partial charge in [0.05, 0.1) is 7.11 Å². The van der Waals surface area contributed by atoms with Crippen LogP contribution in [0.25, 0.3) is 0 Å². The van der Waals surface area contributed by atoms with Crippen LogP contribution in [0.15, 0.2) is 0 Å². The van der Waals surface area contributed by atoms with E-state index in [-0.39, 0.29) is 0 Å². The van der Waals surface area contributed by atoms with Crippen molar-refractivity contribution in [3.63, 3.8) is 0 Å². The number of rotatable bonds is 2. The number of methoxy groups -OCH3 is 1. The number of nitrogens with two attached hydrogens (primary N) is 1. The molecule has 16 heavy (non-hydrogen) atoms. The molecule has 0 aliphatic heterocycles. The molecule has 0 fully saturated rings. The highest BCUT2D eigenvalue weighted by atomic mass is 35.5. The first-order valence-electron chi connectivity index (χ1n) is 5.34. The van der Waals surface area contributed by atoms with Crippen LogP contribution in [0.5, 0.6) is 5.75 Å². The van der Waals surface area contributed by atoms with Crippen LogP contribution in [0.4, 0.5) is 0 Å². The van der Waals surface area contributed by atoms with Crippen LogP contribution in [0.1, 0.15) is 36.1 Å². The van der Waals surface area contributed by atoms with E-state index in [1.807, 2.05) is 34.6 Å². The summed E-state index contributed by atoms with van der Waals surface area (Å²) in [5, 5.41) is 0.784. The lowest BCUT2D eigenvalue weighted by molar-refractivity contribution is 0.390. The molecule has 1 aromatic carbocycles. The first kappa shape index (κ1) is 13.3. The fourth-order valence-electron chi connectivity index (χ4n) is 2.11. The third-order valence-electron chi connectivity index (χ3n) is 3.01. The maximum atomic E-state index is 6.31. The zero-order chi connectivity index (χ0) is 12.7. The predicted octanol–water partition coefficient (Wildman–Crippen LogP) is 3.47. The van der Waals surface area contributed by atoms with Crippen molar-refractivity contribution in [3.8, 4) is 5.75 Å². The minimum absolute atomic E-state index is 0.461. The van der Waals surface area contributed by atoms with Gasteiger partial charge in [-0.2, -0.15) is 0 Å². The molecule has 2 nitrogen and oxygen atoms in total. The molecule has 0 saturated carbocycles. The molecule has 0 atom stereocenters. The Morgan fingerprint density at radius 1 is 1.06 bits per heavy atom. The summed E-state index contributed by atoms with van der Waals surface area (Å²) in [7, 11) is 1.67. The molecule has 0 saturated heterocycles. The van der Waals surface area contributed by atoms with Crippen molar-refractivity contribution in [1.29, 1.82) is 0 Å². The van der Waals surface area contributed by atoms with Gasteiger partial charge < -0.3 is 10.5 Å². The summed E-state index contributed by atoms with van der Waals surface area (Å²) in [5.74, 6) is 0.854. The zero-order valence-corrected chi connectivity index (χ0v) is 11.6. The quantitative estimate of drug-likeness (QED) is 0.861. The lowest BCUT2D eigenvalue weighted by atomic mass is 9.87. The average molecular weight is 242 g/mol. The van der Waals surface area contributed by atoms with Crippen molar-refractivity contribution in [2.24, 2.45) is 5.73 Å². The Kier molecular flexibility index (Phi) is 3.56. The Morgan fingerprint density at radius 3 is 1.94 bits per heavy atom. The molecule has 0 amide bonds. The van der Waals surface area contributed by atoms with E-state index in [1.165, 1.54) is 0 Å². The third-order valence-corrected chi connectivity index (χ3v) is 3.58. The Labute approximate surface area is 103 Å². The van der Waals surface area contributed by atoms with Gasteiger partial charge in [-0.15, -0.1) is 0 Å². The maximum Gasteiger partial charge on any atom is 0.127 e. The molecule has 90 valence electrons. The van der Waals surface area contributed by atoms with Crippen molar-refractivity contribution in [2.45, 2.75) is 40.2 Å². The molecule has 1 rings (SSSR count). The van der Waals surface area contributed by atoms with Crippen LogP contribution < -0.4 is 10.5 Å². The summed E-state index contributed by atoms with van der Waals surface area (Å²) in [6.07, 6.45) is 0. The minimum atomic E-state index is -0.461. The predicted molar refractivity (Wildman–Crippen MR) is 69.4 cm³/mol. The molecule has 0 bridgehead atoms. The first-order chi connectivity index (χ1) is 7.21. The van der Waals surface area contributed by atoms with Gasteiger partial charge in [0.25, 0.3) is 0 Å². The largest absolute Gasteiger partial charge is 0.496 e. The van der Waals surface area contributed by atoms with Crippen LogP contribution in [-0.4, -0.2) is 7.11 Å². The molecule has 0 radical (unpaired) electrons. The summed E-state index contributed by atoms with van der Waals surface area (Å²) in [5.41, 5.74) is 9.84. The molecule has 0 aliphatic carbocycles. The normalized spacial score (nSPS) is 11.8. The molecular formula is C13H20ClNO. The molecule has 0 aromatic heterocycles. The molecule has 0 heterocycles. The van der Waals surface area contributed by atoms with Crippen molar-refractivity contribution in [3.05, 3.63) is 27.3 Å². The van der Waals surface area contributed by atoms with Gasteiger partial charge in [-0.1, -0.05) is 11.6 Å². The molecule has 2 N–H and O–H groups in total. The van der Waals surface area contributed by atoms with Gasteiger partial charge in [-0.25, -0.2) is 0 Å². The maximum absolute atomic E-state index is 6.31. The Morgan fingerprint density at radius 2 is 1.56 bits per heavy atom. The fourth-order valence-corrected chi connectivity index (χ4v) is 2.35. The van der Waals surface area contributed by atoms with Crippen molar-refractivity contribution in [2.75, 3.05) is 7.11 Å². The third kappa shape index (κ3) is 2.04. The molecular weight excluding hydrogens is 222 g/mol. The molecule has 1 aromatic rings. The van der Waals surface area contributed by atoms with Gasteiger partial charge in [0.1, 0.15) is 5.75 Å². The van der Waals surface area contributed by atoms with E-state index in [4.69, 9.17) is 22.1 Å².